The van der Waals surface area contributed by atoms with Gasteiger partial charge in [-0.1, -0.05) is 13.8 Å². The molecule has 0 aromatic heterocycles. The van der Waals surface area contributed by atoms with Crippen molar-refractivity contribution in [1.82, 2.24) is 0 Å². The Labute approximate surface area is 85.3 Å². The number of rotatable bonds is 3. The highest BCUT2D eigenvalue weighted by Crippen LogP contribution is 2.33. The van der Waals surface area contributed by atoms with Crippen molar-refractivity contribution in [2.75, 3.05) is 6.61 Å². The van der Waals surface area contributed by atoms with Crippen LogP contribution in [0.25, 0.3) is 0 Å². The highest BCUT2D eigenvalue weighted by molar-refractivity contribution is 5.98. The third-order valence-corrected chi connectivity index (χ3v) is 3.11. The van der Waals surface area contributed by atoms with Gasteiger partial charge in [0, 0.05) is 17.4 Å². The first kappa shape index (κ1) is 11.2. The van der Waals surface area contributed by atoms with Crippen molar-refractivity contribution in [3.63, 3.8) is 0 Å². The molecule has 0 aromatic carbocycles. The lowest BCUT2D eigenvalue weighted by Crippen LogP contribution is -2.52. The van der Waals surface area contributed by atoms with E-state index in [0.717, 1.165) is 6.42 Å². The molecule has 1 heterocycles. The summed E-state index contributed by atoms with van der Waals surface area (Å²) < 4.78 is 5.25. The van der Waals surface area contributed by atoms with Gasteiger partial charge < -0.3 is 10.5 Å². The largest absolute Gasteiger partial charge is 0.490 e. The predicted molar refractivity (Wildman–Crippen MR) is 55.7 cm³/mol. The average molecular weight is 197 g/mol. The van der Waals surface area contributed by atoms with Gasteiger partial charge in [-0.2, -0.15) is 0 Å². The maximum atomic E-state index is 12.0. The molecule has 2 N–H and O–H groups in total. The summed E-state index contributed by atoms with van der Waals surface area (Å²) in [5.74, 6) is 0.482. The second-order valence-electron chi connectivity index (χ2n) is 4.88. The van der Waals surface area contributed by atoms with Gasteiger partial charge in [0.2, 0.25) is 5.78 Å². The number of Topliss-reactive ketones (excluding diaryl/α,β-unsaturated/α-hetero) is 1. The maximum Gasteiger partial charge on any atom is 0.204 e. The summed E-state index contributed by atoms with van der Waals surface area (Å²) in [6.45, 7) is 8.05. The molecular formula is C11H19NO2. The molecule has 1 aliphatic rings. The molecule has 0 saturated carbocycles. The van der Waals surface area contributed by atoms with Crippen molar-refractivity contribution >= 4 is 5.78 Å². The topological polar surface area (TPSA) is 52.3 Å². The van der Waals surface area contributed by atoms with Crippen LogP contribution in [0.4, 0.5) is 0 Å². The second-order valence-corrected chi connectivity index (χ2v) is 4.88. The Bertz CT molecular complexity index is 272. The van der Waals surface area contributed by atoms with E-state index < -0.39 is 11.0 Å². The second kappa shape index (κ2) is 3.39. The third kappa shape index (κ3) is 1.82. The number of carbonyl (C=O) groups is 1. The molecular weight excluding hydrogens is 178 g/mol. The van der Waals surface area contributed by atoms with Gasteiger partial charge in [-0.15, -0.1) is 0 Å². The van der Waals surface area contributed by atoms with Crippen LogP contribution in [0.2, 0.25) is 0 Å². The maximum absolute atomic E-state index is 12.0. The standard InChI is InChI=1S/C11H19NO2/c1-10(2,11(3,4)12)9(13)8-6-5-7-14-8/h6H,5,7,12H2,1-4H3. The average Bonchev–Trinajstić information content (AvgIpc) is 2.52. The molecule has 14 heavy (non-hydrogen) atoms. The van der Waals surface area contributed by atoms with Crippen molar-refractivity contribution in [3.8, 4) is 0 Å². The summed E-state index contributed by atoms with van der Waals surface area (Å²) in [5.41, 5.74) is 4.84. The van der Waals surface area contributed by atoms with Crippen LogP contribution in [0.15, 0.2) is 11.8 Å². The Morgan fingerprint density at radius 2 is 2.00 bits per heavy atom. The molecule has 80 valence electrons. The van der Waals surface area contributed by atoms with Crippen molar-refractivity contribution in [1.29, 1.82) is 0 Å². The van der Waals surface area contributed by atoms with Crippen LogP contribution < -0.4 is 5.73 Å². The van der Waals surface area contributed by atoms with Crippen molar-refractivity contribution in [3.05, 3.63) is 11.8 Å². The SMILES string of the molecule is CC(C)(N)C(C)(C)C(=O)C1=CCCO1. The number of carbonyl (C=O) groups excluding carboxylic acids is 1. The first-order valence-electron chi connectivity index (χ1n) is 4.93. The molecule has 1 aliphatic heterocycles. The van der Waals surface area contributed by atoms with Gasteiger partial charge in [0.05, 0.1) is 6.61 Å². The fourth-order valence-corrected chi connectivity index (χ4v) is 1.18. The number of ketones is 1. The normalized spacial score (nSPS) is 17.6. The van der Waals surface area contributed by atoms with Gasteiger partial charge in [-0.05, 0) is 19.9 Å². The fourth-order valence-electron chi connectivity index (χ4n) is 1.18. The zero-order chi connectivity index (χ0) is 11.0. The minimum absolute atomic E-state index is 0.00231. The molecule has 0 fully saturated rings. The van der Waals surface area contributed by atoms with Crippen LogP contribution in [0.1, 0.15) is 34.1 Å². The van der Waals surface area contributed by atoms with Crippen LogP contribution in [0, 0.1) is 5.41 Å². The molecule has 0 aliphatic carbocycles. The van der Waals surface area contributed by atoms with E-state index in [1.54, 1.807) is 0 Å². The van der Waals surface area contributed by atoms with Crippen LogP contribution in [0.5, 0.6) is 0 Å². The van der Waals surface area contributed by atoms with Gasteiger partial charge in [0.25, 0.3) is 0 Å². The lowest BCUT2D eigenvalue weighted by molar-refractivity contribution is -0.129. The number of nitrogens with two attached hydrogens (primary N) is 1. The van der Waals surface area contributed by atoms with Crippen LogP contribution in [0.3, 0.4) is 0 Å². The first-order chi connectivity index (χ1) is 6.27. The quantitative estimate of drug-likeness (QED) is 0.748. The molecule has 0 amide bonds. The molecule has 3 nitrogen and oxygen atoms in total. The summed E-state index contributed by atoms with van der Waals surface area (Å²) in [4.78, 5) is 12.0. The van der Waals surface area contributed by atoms with Crippen LogP contribution >= 0.6 is 0 Å². The zero-order valence-corrected chi connectivity index (χ0v) is 9.39. The minimum Gasteiger partial charge on any atom is -0.490 e. The van der Waals surface area contributed by atoms with E-state index in [4.69, 9.17) is 10.5 Å². The number of allylic oxidation sites excluding steroid dienone is 1. The van der Waals surface area contributed by atoms with Gasteiger partial charge >= 0.3 is 0 Å². The van der Waals surface area contributed by atoms with Crippen molar-refractivity contribution in [2.45, 2.75) is 39.7 Å². The first-order valence-corrected chi connectivity index (χ1v) is 4.93. The van der Waals surface area contributed by atoms with Crippen LogP contribution in [-0.4, -0.2) is 17.9 Å². The van der Waals surface area contributed by atoms with Crippen LogP contribution in [-0.2, 0) is 9.53 Å². The molecule has 0 aromatic rings. The Morgan fingerprint density at radius 3 is 2.36 bits per heavy atom. The molecule has 1 rings (SSSR count). The number of hydrogen-bond donors (Lipinski definition) is 1. The zero-order valence-electron chi connectivity index (χ0n) is 9.39. The van der Waals surface area contributed by atoms with E-state index in [1.165, 1.54) is 0 Å². The van der Waals surface area contributed by atoms with Crippen molar-refractivity contribution < 1.29 is 9.53 Å². The number of hydrogen-bond acceptors (Lipinski definition) is 3. The van der Waals surface area contributed by atoms with E-state index in [9.17, 15) is 4.79 Å². The number of ether oxygens (including phenoxy) is 1. The smallest absolute Gasteiger partial charge is 0.204 e. The van der Waals surface area contributed by atoms with Crippen molar-refractivity contribution in [2.24, 2.45) is 11.1 Å². The Kier molecular flexibility index (Phi) is 2.72. The Morgan fingerprint density at radius 1 is 1.43 bits per heavy atom. The van der Waals surface area contributed by atoms with E-state index in [0.29, 0.717) is 12.4 Å². The fraction of sp³-hybridized carbons (Fsp3) is 0.727. The third-order valence-electron chi connectivity index (χ3n) is 3.11. The summed E-state index contributed by atoms with van der Waals surface area (Å²) in [7, 11) is 0. The van der Waals surface area contributed by atoms with E-state index in [-0.39, 0.29) is 5.78 Å². The van der Waals surface area contributed by atoms with Gasteiger partial charge in [-0.3, -0.25) is 4.79 Å². The molecule has 0 saturated heterocycles. The molecule has 3 heteroatoms. The predicted octanol–water partition coefficient (Wildman–Crippen LogP) is 1.62. The molecule has 0 radical (unpaired) electrons. The highest BCUT2D eigenvalue weighted by atomic mass is 16.5. The molecule has 0 atom stereocenters. The summed E-state index contributed by atoms with van der Waals surface area (Å²) >= 11 is 0. The highest BCUT2D eigenvalue weighted by Gasteiger charge is 2.42. The monoisotopic (exact) mass is 197 g/mol. The van der Waals surface area contributed by atoms with E-state index in [1.807, 2.05) is 33.8 Å². The minimum atomic E-state index is -0.594. The Hall–Kier alpha value is -0.830. The molecule has 0 spiro atoms. The molecule has 0 bridgehead atoms. The van der Waals surface area contributed by atoms with E-state index in [2.05, 4.69) is 0 Å². The summed E-state index contributed by atoms with van der Waals surface area (Å²) in [6, 6.07) is 0. The summed E-state index contributed by atoms with van der Waals surface area (Å²) in [6.07, 6.45) is 2.66. The lowest BCUT2D eigenvalue weighted by Gasteiger charge is -2.36. The Balaban J connectivity index is 2.88. The van der Waals surface area contributed by atoms with Gasteiger partial charge in [0.15, 0.2) is 5.76 Å². The van der Waals surface area contributed by atoms with E-state index >= 15 is 0 Å². The lowest BCUT2D eigenvalue weighted by atomic mass is 9.71. The van der Waals surface area contributed by atoms with Gasteiger partial charge in [-0.25, -0.2) is 0 Å². The molecule has 0 unspecified atom stereocenters. The van der Waals surface area contributed by atoms with Gasteiger partial charge in [0.1, 0.15) is 0 Å². The summed E-state index contributed by atoms with van der Waals surface area (Å²) in [5, 5.41) is 0.